The molecule has 0 fully saturated rings. The number of rotatable bonds is 8. The van der Waals surface area contributed by atoms with E-state index in [1.54, 1.807) is 12.1 Å². The Morgan fingerprint density at radius 1 is 1.04 bits per heavy atom. The molecule has 0 radical (unpaired) electrons. The monoisotopic (exact) mass is 390 g/mol. The number of oxazole rings is 1. The Morgan fingerprint density at radius 3 is 2.33 bits per heavy atom. The third kappa shape index (κ3) is 4.63. The van der Waals surface area contributed by atoms with Crippen LogP contribution in [0.4, 0.5) is 10.3 Å². The molecule has 0 unspecified atom stereocenters. The molecule has 0 aliphatic rings. The fourth-order valence-electron chi connectivity index (χ4n) is 2.53. The Hall–Kier alpha value is -2.47. The Labute approximate surface area is 156 Å². The first-order chi connectivity index (χ1) is 13.0. The summed E-state index contributed by atoms with van der Waals surface area (Å²) in [6.07, 6.45) is 0.430. The Kier molecular flexibility index (Phi) is 6.06. The van der Waals surface area contributed by atoms with Crippen molar-refractivity contribution in [1.82, 2.24) is 4.98 Å². The number of hydrogen-bond acceptors (Lipinski definition) is 6. The summed E-state index contributed by atoms with van der Waals surface area (Å²) < 4.78 is 41.8. The average molecular weight is 390 g/mol. The minimum absolute atomic E-state index is 0.0838. The van der Waals surface area contributed by atoms with Crippen molar-refractivity contribution in [3.63, 3.8) is 0 Å². The van der Waals surface area contributed by atoms with Gasteiger partial charge >= 0.3 is 7.60 Å². The van der Waals surface area contributed by atoms with Crippen LogP contribution in [0.1, 0.15) is 17.0 Å². The van der Waals surface area contributed by atoms with Crippen LogP contribution in [-0.2, 0) is 26.6 Å². The molecule has 1 heterocycles. The molecule has 0 atom stereocenters. The molecule has 1 aromatic heterocycles. The van der Waals surface area contributed by atoms with Crippen LogP contribution < -0.4 is 10.8 Å². The normalized spacial score (nSPS) is 11.5. The second-order valence-corrected chi connectivity index (χ2v) is 7.91. The van der Waals surface area contributed by atoms with Crippen LogP contribution in [0.2, 0.25) is 0 Å². The number of anilines is 1. The van der Waals surface area contributed by atoms with E-state index >= 15 is 0 Å². The van der Waals surface area contributed by atoms with Crippen molar-refractivity contribution in [1.29, 1.82) is 0 Å². The second kappa shape index (κ2) is 8.48. The van der Waals surface area contributed by atoms with Crippen molar-refractivity contribution in [3.8, 4) is 0 Å². The highest BCUT2D eigenvalue weighted by Crippen LogP contribution is 2.47. The zero-order chi connectivity index (χ0) is 19.3. The van der Waals surface area contributed by atoms with Gasteiger partial charge in [-0.15, -0.1) is 0 Å². The summed E-state index contributed by atoms with van der Waals surface area (Å²) in [6, 6.07) is 15.7. The lowest BCUT2D eigenvalue weighted by atomic mass is 10.2. The Bertz CT molecular complexity index is 921. The SMILES string of the molecule is COP(=O)(OC)c1nc(Cc2ccccc2)oc1NCc1ccc(F)cc1. The maximum atomic E-state index is 13.1. The van der Waals surface area contributed by atoms with E-state index in [2.05, 4.69) is 10.3 Å². The number of hydrogen-bond donors (Lipinski definition) is 1. The van der Waals surface area contributed by atoms with E-state index < -0.39 is 7.60 Å². The van der Waals surface area contributed by atoms with Gasteiger partial charge in [-0.25, -0.2) is 9.37 Å². The second-order valence-electron chi connectivity index (χ2n) is 5.77. The number of nitrogens with one attached hydrogen (secondary N) is 1. The largest absolute Gasteiger partial charge is 0.424 e. The van der Waals surface area contributed by atoms with Crippen molar-refractivity contribution in [2.45, 2.75) is 13.0 Å². The molecule has 142 valence electrons. The minimum atomic E-state index is -3.61. The van der Waals surface area contributed by atoms with Crippen molar-refractivity contribution >= 4 is 18.9 Å². The summed E-state index contributed by atoms with van der Waals surface area (Å²) in [4.78, 5) is 4.34. The molecule has 0 saturated carbocycles. The molecule has 0 aliphatic carbocycles. The molecule has 0 aliphatic heterocycles. The maximum absolute atomic E-state index is 13.1. The number of nitrogens with zero attached hydrogens (tertiary/aromatic N) is 1. The molecular formula is C19H20FN2O4P. The van der Waals surface area contributed by atoms with Gasteiger partial charge in [-0.2, -0.15) is 0 Å². The Morgan fingerprint density at radius 2 is 1.70 bits per heavy atom. The predicted octanol–water partition coefficient (Wildman–Crippen LogP) is 4.13. The van der Waals surface area contributed by atoms with Crippen LogP contribution in [0, 0.1) is 5.82 Å². The molecule has 6 nitrogen and oxygen atoms in total. The van der Waals surface area contributed by atoms with Gasteiger partial charge in [0.15, 0.2) is 0 Å². The zero-order valence-electron chi connectivity index (χ0n) is 15.0. The fraction of sp³-hybridized carbons (Fsp3) is 0.211. The molecule has 8 heteroatoms. The number of halogens is 1. The first-order valence-corrected chi connectivity index (χ1v) is 9.82. The molecule has 0 saturated heterocycles. The van der Waals surface area contributed by atoms with Crippen molar-refractivity contribution in [3.05, 3.63) is 77.4 Å². The summed E-state index contributed by atoms with van der Waals surface area (Å²) >= 11 is 0. The van der Waals surface area contributed by atoms with Gasteiger partial charge in [-0.05, 0) is 23.3 Å². The van der Waals surface area contributed by atoms with E-state index in [9.17, 15) is 8.96 Å². The van der Waals surface area contributed by atoms with Crippen LogP contribution in [-0.4, -0.2) is 19.2 Å². The van der Waals surface area contributed by atoms with Crippen LogP contribution in [0.3, 0.4) is 0 Å². The first kappa shape index (κ1) is 19.3. The average Bonchev–Trinajstić information content (AvgIpc) is 3.11. The van der Waals surface area contributed by atoms with Crippen molar-refractivity contribution in [2.75, 3.05) is 19.5 Å². The van der Waals surface area contributed by atoms with Gasteiger partial charge in [-0.3, -0.25) is 4.57 Å². The summed E-state index contributed by atoms with van der Waals surface area (Å²) in [5, 5.41) is 3.05. The topological polar surface area (TPSA) is 73.6 Å². The van der Waals surface area contributed by atoms with Gasteiger partial charge in [-0.1, -0.05) is 42.5 Å². The lowest BCUT2D eigenvalue weighted by molar-refractivity contribution is 0.286. The van der Waals surface area contributed by atoms with E-state index in [1.807, 2.05) is 30.3 Å². The molecule has 1 N–H and O–H groups in total. The third-order valence-electron chi connectivity index (χ3n) is 3.96. The molecule has 0 amide bonds. The van der Waals surface area contributed by atoms with Gasteiger partial charge in [0, 0.05) is 27.2 Å². The summed E-state index contributed by atoms with van der Waals surface area (Å²) in [5.74, 6) is 0.275. The maximum Gasteiger partial charge on any atom is 0.384 e. The summed E-state index contributed by atoms with van der Waals surface area (Å²) in [7, 11) is -1.03. The number of aromatic nitrogens is 1. The third-order valence-corrected chi connectivity index (χ3v) is 5.74. The molecule has 3 aromatic rings. The quantitative estimate of drug-likeness (QED) is 0.583. The smallest absolute Gasteiger partial charge is 0.384 e. The highest BCUT2D eigenvalue weighted by Gasteiger charge is 2.34. The highest BCUT2D eigenvalue weighted by molar-refractivity contribution is 7.62. The lowest BCUT2D eigenvalue weighted by Gasteiger charge is -2.12. The fourth-order valence-corrected chi connectivity index (χ4v) is 3.64. The van der Waals surface area contributed by atoms with Gasteiger partial charge in [0.25, 0.3) is 0 Å². The summed E-state index contributed by atoms with van der Waals surface area (Å²) in [6.45, 7) is 0.334. The molecule has 0 spiro atoms. The van der Waals surface area contributed by atoms with Crippen LogP contribution in [0.25, 0.3) is 0 Å². The summed E-state index contributed by atoms with van der Waals surface area (Å²) in [5.41, 5.74) is 1.91. The standard InChI is InChI=1S/C19H20FN2O4P/c1-24-27(23,25-2)19-18(21-13-15-8-10-16(20)11-9-15)26-17(22-19)12-14-6-4-3-5-7-14/h3-11,21H,12-13H2,1-2H3. The molecule has 0 bridgehead atoms. The van der Waals surface area contributed by atoms with E-state index in [4.69, 9.17) is 13.5 Å². The van der Waals surface area contributed by atoms with Gasteiger partial charge in [0.1, 0.15) is 5.82 Å². The van der Waals surface area contributed by atoms with Gasteiger partial charge < -0.3 is 18.8 Å². The first-order valence-electron chi connectivity index (χ1n) is 8.28. The van der Waals surface area contributed by atoms with Gasteiger partial charge in [0.05, 0.1) is 0 Å². The van der Waals surface area contributed by atoms with Crippen molar-refractivity contribution < 1.29 is 22.4 Å². The molecule has 2 aromatic carbocycles. The molecular weight excluding hydrogens is 370 g/mol. The minimum Gasteiger partial charge on any atom is -0.424 e. The van der Waals surface area contributed by atoms with E-state index in [0.717, 1.165) is 11.1 Å². The predicted molar refractivity (Wildman–Crippen MR) is 101 cm³/mol. The van der Waals surface area contributed by atoms with E-state index in [-0.39, 0.29) is 17.1 Å². The Balaban J connectivity index is 1.87. The van der Waals surface area contributed by atoms with Crippen molar-refractivity contribution in [2.24, 2.45) is 0 Å². The van der Waals surface area contributed by atoms with Crippen LogP contribution in [0.15, 0.2) is 59.0 Å². The van der Waals surface area contributed by atoms with E-state index in [0.29, 0.717) is 18.9 Å². The lowest BCUT2D eigenvalue weighted by Crippen LogP contribution is -2.15. The molecule has 3 rings (SSSR count). The molecule has 27 heavy (non-hydrogen) atoms. The van der Waals surface area contributed by atoms with E-state index in [1.165, 1.54) is 26.4 Å². The number of benzene rings is 2. The van der Waals surface area contributed by atoms with Gasteiger partial charge in [0.2, 0.25) is 17.2 Å². The van der Waals surface area contributed by atoms with Crippen LogP contribution in [0.5, 0.6) is 0 Å². The zero-order valence-corrected chi connectivity index (χ0v) is 15.9. The van der Waals surface area contributed by atoms with Crippen LogP contribution >= 0.6 is 7.60 Å². The highest BCUT2D eigenvalue weighted by atomic mass is 31.2.